The number of aromatic carboxylic acids is 1. The second-order valence-electron chi connectivity index (χ2n) is 3.66. The number of hydrogen-bond acceptors (Lipinski definition) is 3. The molecule has 1 amide bonds. The summed E-state index contributed by atoms with van der Waals surface area (Å²) in [6.07, 6.45) is -0.148. The molecule has 1 aromatic carbocycles. The summed E-state index contributed by atoms with van der Waals surface area (Å²) in [7, 11) is 0. The molecule has 17 heavy (non-hydrogen) atoms. The summed E-state index contributed by atoms with van der Waals surface area (Å²) in [5.74, 6) is -1.65. The number of carbonyl (C=O) groups excluding carboxylic acids is 2. The van der Waals surface area contributed by atoms with E-state index >= 15 is 0 Å². The third kappa shape index (κ3) is 2.31. The minimum atomic E-state index is -1.11. The number of hydrogen-bond donors (Lipinski definition) is 1. The van der Waals surface area contributed by atoms with Crippen molar-refractivity contribution in [1.82, 2.24) is 0 Å². The monoisotopic (exact) mass is 345 g/mol. The Morgan fingerprint density at radius 2 is 2.06 bits per heavy atom. The Kier molecular flexibility index (Phi) is 3.14. The maximum Gasteiger partial charge on any atom is 0.337 e. The molecule has 0 radical (unpaired) electrons. The molecule has 6 heteroatoms. The number of carboxylic acids is 1. The Morgan fingerprint density at radius 1 is 1.35 bits per heavy atom. The molecule has 0 bridgehead atoms. The van der Waals surface area contributed by atoms with E-state index in [9.17, 15) is 14.4 Å². The van der Waals surface area contributed by atoms with Gasteiger partial charge in [0.15, 0.2) is 5.78 Å². The number of ketones is 1. The minimum Gasteiger partial charge on any atom is -0.478 e. The number of halogens is 1. The second kappa shape index (κ2) is 4.44. The smallest absolute Gasteiger partial charge is 0.337 e. The van der Waals surface area contributed by atoms with Crippen molar-refractivity contribution in [3.8, 4) is 0 Å². The van der Waals surface area contributed by atoms with Crippen molar-refractivity contribution in [3.05, 3.63) is 27.3 Å². The normalized spacial score (nSPS) is 15.5. The van der Waals surface area contributed by atoms with E-state index in [1.165, 1.54) is 11.0 Å². The Bertz CT molecular complexity index is 526. The topological polar surface area (TPSA) is 74.7 Å². The zero-order valence-corrected chi connectivity index (χ0v) is 10.8. The van der Waals surface area contributed by atoms with E-state index in [1.54, 1.807) is 12.1 Å². The average Bonchev–Trinajstić information content (AvgIpc) is 2.57. The fraction of sp³-hybridized carbons (Fsp3) is 0.182. The summed E-state index contributed by atoms with van der Waals surface area (Å²) in [6.45, 7) is -0.0425. The second-order valence-corrected chi connectivity index (χ2v) is 4.91. The van der Waals surface area contributed by atoms with E-state index in [2.05, 4.69) is 0 Å². The van der Waals surface area contributed by atoms with Crippen LogP contribution in [0.15, 0.2) is 18.2 Å². The lowest BCUT2D eigenvalue weighted by Gasteiger charge is -2.17. The Morgan fingerprint density at radius 3 is 2.59 bits per heavy atom. The number of benzene rings is 1. The molecule has 5 nitrogen and oxygen atoms in total. The average molecular weight is 345 g/mol. The minimum absolute atomic E-state index is 0.0356. The van der Waals surface area contributed by atoms with E-state index in [1.807, 2.05) is 22.6 Å². The van der Waals surface area contributed by atoms with Crippen LogP contribution < -0.4 is 4.90 Å². The largest absolute Gasteiger partial charge is 0.478 e. The maximum atomic E-state index is 11.6. The molecule has 0 saturated carbocycles. The molecule has 0 unspecified atom stereocenters. The number of amides is 1. The van der Waals surface area contributed by atoms with Gasteiger partial charge in [-0.3, -0.25) is 9.59 Å². The van der Waals surface area contributed by atoms with Gasteiger partial charge in [0.05, 0.1) is 24.2 Å². The van der Waals surface area contributed by atoms with Gasteiger partial charge < -0.3 is 10.0 Å². The molecule has 0 atom stereocenters. The fourth-order valence-corrected chi connectivity index (χ4v) is 2.19. The molecule has 1 heterocycles. The van der Waals surface area contributed by atoms with Gasteiger partial charge in [-0.2, -0.15) is 0 Å². The van der Waals surface area contributed by atoms with Gasteiger partial charge in [0.2, 0.25) is 5.91 Å². The lowest BCUT2D eigenvalue weighted by molar-refractivity contribution is -0.121. The summed E-state index contributed by atoms with van der Waals surface area (Å²) in [5.41, 5.74) is 0.328. The molecule has 88 valence electrons. The summed E-state index contributed by atoms with van der Waals surface area (Å²) in [5, 5.41) is 9.04. The van der Waals surface area contributed by atoms with Crippen LogP contribution in [0.25, 0.3) is 0 Å². The molecule has 1 aliphatic rings. The highest BCUT2D eigenvalue weighted by Crippen LogP contribution is 2.26. The van der Waals surface area contributed by atoms with Crippen molar-refractivity contribution < 1.29 is 19.5 Å². The van der Waals surface area contributed by atoms with Gasteiger partial charge in [-0.15, -0.1) is 0 Å². The van der Waals surface area contributed by atoms with E-state index in [0.29, 0.717) is 5.69 Å². The van der Waals surface area contributed by atoms with Gasteiger partial charge >= 0.3 is 5.97 Å². The number of carbonyl (C=O) groups is 3. The highest BCUT2D eigenvalue weighted by atomic mass is 127. The third-order valence-electron chi connectivity index (χ3n) is 2.46. The van der Waals surface area contributed by atoms with Crippen LogP contribution in [-0.4, -0.2) is 29.3 Å². The van der Waals surface area contributed by atoms with Gasteiger partial charge in [-0.25, -0.2) is 4.79 Å². The number of carboxylic acid groups (broad SMARTS) is 1. The van der Waals surface area contributed by atoms with Crippen LogP contribution in [0.2, 0.25) is 0 Å². The molecule has 0 spiro atoms. The first-order chi connectivity index (χ1) is 7.99. The van der Waals surface area contributed by atoms with Gasteiger partial charge in [0.25, 0.3) is 0 Å². The molecular weight excluding hydrogens is 337 g/mol. The van der Waals surface area contributed by atoms with Crippen molar-refractivity contribution in [1.29, 1.82) is 0 Å². The number of rotatable bonds is 2. The van der Waals surface area contributed by atoms with E-state index in [-0.39, 0.29) is 30.2 Å². The molecular formula is C11H8INO4. The highest BCUT2D eigenvalue weighted by molar-refractivity contribution is 14.1. The van der Waals surface area contributed by atoms with Crippen LogP contribution in [-0.2, 0) is 9.59 Å². The SMILES string of the molecule is O=C1CC(=O)N(c2cc(I)ccc2C(=O)O)C1. The first-order valence-corrected chi connectivity index (χ1v) is 5.92. The molecule has 0 aliphatic carbocycles. The summed E-state index contributed by atoms with van der Waals surface area (Å²) in [6, 6.07) is 4.69. The van der Waals surface area contributed by atoms with Gasteiger partial charge in [0.1, 0.15) is 0 Å². The van der Waals surface area contributed by atoms with Gasteiger partial charge in [-0.1, -0.05) is 0 Å². The van der Waals surface area contributed by atoms with Crippen LogP contribution >= 0.6 is 22.6 Å². The highest BCUT2D eigenvalue weighted by Gasteiger charge is 2.31. The van der Waals surface area contributed by atoms with Crippen LogP contribution in [0.1, 0.15) is 16.8 Å². The number of anilines is 1. The summed E-state index contributed by atoms with van der Waals surface area (Å²) < 4.78 is 0.815. The van der Waals surface area contributed by atoms with E-state index in [4.69, 9.17) is 5.11 Å². The Hall–Kier alpha value is -1.44. The van der Waals surface area contributed by atoms with Crippen molar-refractivity contribution >= 4 is 45.9 Å². The van der Waals surface area contributed by atoms with Crippen LogP contribution in [0.4, 0.5) is 5.69 Å². The third-order valence-corrected chi connectivity index (χ3v) is 3.14. The van der Waals surface area contributed by atoms with Crippen molar-refractivity contribution in [2.75, 3.05) is 11.4 Å². The Balaban J connectivity index is 2.50. The number of Topliss-reactive ketones (excluding diaryl/α,β-unsaturated/α-hetero) is 1. The number of nitrogens with zero attached hydrogens (tertiary/aromatic N) is 1. The van der Waals surface area contributed by atoms with E-state index in [0.717, 1.165) is 3.57 Å². The molecule has 1 aliphatic heterocycles. The first-order valence-electron chi connectivity index (χ1n) is 4.84. The lowest BCUT2D eigenvalue weighted by Crippen LogP contribution is -2.26. The first kappa shape index (κ1) is 12.0. The van der Waals surface area contributed by atoms with Crippen molar-refractivity contribution in [2.45, 2.75) is 6.42 Å². The van der Waals surface area contributed by atoms with Crippen LogP contribution in [0, 0.1) is 3.57 Å². The molecule has 1 N–H and O–H groups in total. The van der Waals surface area contributed by atoms with E-state index < -0.39 is 5.97 Å². The van der Waals surface area contributed by atoms with Gasteiger partial charge in [-0.05, 0) is 40.8 Å². The van der Waals surface area contributed by atoms with Crippen LogP contribution in [0.3, 0.4) is 0 Å². The molecule has 0 aromatic heterocycles. The van der Waals surface area contributed by atoms with Gasteiger partial charge in [0, 0.05) is 3.57 Å². The molecule has 1 saturated heterocycles. The van der Waals surface area contributed by atoms with Crippen molar-refractivity contribution in [2.24, 2.45) is 0 Å². The predicted octanol–water partition coefficient (Wildman–Crippen LogP) is 1.30. The maximum absolute atomic E-state index is 11.6. The predicted molar refractivity (Wildman–Crippen MR) is 68.1 cm³/mol. The van der Waals surface area contributed by atoms with Crippen LogP contribution in [0.5, 0.6) is 0 Å². The summed E-state index contributed by atoms with van der Waals surface area (Å²) >= 11 is 2.03. The lowest BCUT2D eigenvalue weighted by atomic mass is 10.1. The quantitative estimate of drug-likeness (QED) is 0.648. The molecule has 2 rings (SSSR count). The fourth-order valence-electron chi connectivity index (χ4n) is 1.71. The molecule has 1 fully saturated rings. The van der Waals surface area contributed by atoms with Crippen molar-refractivity contribution in [3.63, 3.8) is 0 Å². The zero-order chi connectivity index (χ0) is 12.6. The zero-order valence-electron chi connectivity index (χ0n) is 8.64. The molecule has 1 aromatic rings. The Labute approximate surface area is 111 Å². The summed E-state index contributed by atoms with van der Waals surface area (Å²) in [4.78, 5) is 35.1. The standard InChI is InChI=1S/C11H8INO4/c12-6-1-2-8(11(16)17)9(3-6)13-5-7(14)4-10(13)15/h1-3H,4-5H2,(H,16,17).